The van der Waals surface area contributed by atoms with E-state index in [1.165, 1.54) is 0 Å². The fourth-order valence-electron chi connectivity index (χ4n) is 1.80. The Morgan fingerprint density at radius 3 is 2.83 bits per heavy atom. The Balaban J connectivity index is 1.66. The van der Waals surface area contributed by atoms with Gasteiger partial charge < -0.3 is 20.1 Å². The molecule has 0 saturated carbocycles. The van der Waals surface area contributed by atoms with Crippen LogP contribution in [0, 0.1) is 0 Å². The van der Waals surface area contributed by atoms with Gasteiger partial charge in [0.2, 0.25) is 5.91 Å². The summed E-state index contributed by atoms with van der Waals surface area (Å²) in [7, 11) is 0. The number of nitrogen functional groups attached to an aromatic ring is 1. The van der Waals surface area contributed by atoms with E-state index < -0.39 is 0 Å². The Morgan fingerprint density at radius 2 is 2.11 bits per heavy atom. The predicted molar refractivity (Wildman–Crippen MR) is 68.4 cm³/mol. The summed E-state index contributed by atoms with van der Waals surface area (Å²) in [6.07, 6.45) is 0.816. The van der Waals surface area contributed by atoms with Gasteiger partial charge in [0.25, 0.3) is 0 Å². The van der Waals surface area contributed by atoms with Gasteiger partial charge >= 0.3 is 0 Å². The maximum Gasteiger partial charge on any atom is 0.248 e. The molecule has 1 aromatic carbocycles. The van der Waals surface area contributed by atoms with Crippen LogP contribution in [0.2, 0.25) is 0 Å². The first kappa shape index (κ1) is 12.7. The number of anilines is 1. The highest BCUT2D eigenvalue weighted by Crippen LogP contribution is 2.13. The number of nitrogens with two attached hydrogens (primary N) is 1. The zero-order chi connectivity index (χ0) is 12.8. The second-order valence-corrected chi connectivity index (χ2v) is 4.20. The Morgan fingerprint density at radius 1 is 1.33 bits per heavy atom. The van der Waals surface area contributed by atoms with E-state index in [0.717, 1.165) is 24.4 Å². The maximum absolute atomic E-state index is 11.4. The summed E-state index contributed by atoms with van der Waals surface area (Å²) in [6.45, 7) is 2.83. The van der Waals surface area contributed by atoms with Crippen molar-refractivity contribution in [3.63, 3.8) is 0 Å². The van der Waals surface area contributed by atoms with E-state index in [9.17, 15) is 4.79 Å². The minimum absolute atomic E-state index is 0.0636. The summed E-state index contributed by atoms with van der Waals surface area (Å²) in [5.74, 6) is 0.867. The fraction of sp³-hybridized carbons (Fsp3) is 0.462. The van der Waals surface area contributed by atoms with Crippen molar-refractivity contribution in [1.29, 1.82) is 0 Å². The lowest BCUT2D eigenvalue weighted by molar-refractivity contribution is -0.142. The van der Waals surface area contributed by atoms with Crippen LogP contribution in [0.25, 0.3) is 0 Å². The lowest BCUT2D eigenvalue weighted by Gasteiger charge is -2.26. The normalized spacial score (nSPS) is 15.8. The van der Waals surface area contributed by atoms with Crippen molar-refractivity contribution in [2.24, 2.45) is 0 Å². The number of morpholine rings is 1. The molecule has 0 unspecified atom stereocenters. The fourth-order valence-corrected chi connectivity index (χ4v) is 1.80. The van der Waals surface area contributed by atoms with Gasteiger partial charge in [-0.15, -0.1) is 0 Å². The number of nitrogens with zero attached hydrogens (tertiary/aromatic N) is 1. The van der Waals surface area contributed by atoms with Gasteiger partial charge in [-0.05, 0) is 30.7 Å². The molecular weight excluding hydrogens is 232 g/mol. The van der Waals surface area contributed by atoms with Crippen LogP contribution >= 0.6 is 0 Å². The van der Waals surface area contributed by atoms with Crippen LogP contribution in [0.3, 0.4) is 0 Å². The molecule has 1 saturated heterocycles. The van der Waals surface area contributed by atoms with Gasteiger partial charge in [0.15, 0.2) is 0 Å². The molecule has 2 rings (SSSR count). The van der Waals surface area contributed by atoms with E-state index in [4.69, 9.17) is 15.2 Å². The van der Waals surface area contributed by atoms with Crippen LogP contribution in [-0.2, 0) is 9.53 Å². The lowest BCUT2D eigenvalue weighted by Crippen LogP contribution is -2.42. The van der Waals surface area contributed by atoms with Gasteiger partial charge in [-0.25, -0.2) is 0 Å². The number of hydrogen-bond donors (Lipinski definition) is 1. The number of ether oxygens (including phenoxy) is 2. The second kappa shape index (κ2) is 6.26. The molecule has 0 spiro atoms. The van der Waals surface area contributed by atoms with Crippen molar-refractivity contribution < 1.29 is 14.3 Å². The van der Waals surface area contributed by atoms with Gasteiger partial charge in [-0.2, -0.15) is 0 Å². The molecule has 1 aliphatic rings. The van der Waals surface area contributed by atoms with Crippen molar-refractivity contribution >= 4 is 11.6 Å². The molecule has 5 nitrogen and oxygen atoms in total. The van der Waals surface area contributed by atoms with Crippen LogP contribution in [0.4, 0.5) is 5.69 Å². The molecule has 5 heteroatoms. The molecule has 0 bridgehead atoms. The van der Waals surface area contributed by atoms with Crippen LogP contribution < -0.4 is 10.5 Å². The number of benzene rings is 1. The zero-order valence-electron chi connectivity index (χ0n) is 10.3. The molecule has 0 radical (unpaired) electrons. The molecule has 18 heavy (non-hydrogen) atoms. The summed E-state index contributed by atoms with van der Waals surface area (Å²) in [4.78, 5) is 13.3. The van der Waals surface area contributed by atoms with Gasteiger partial charge in [-0.1, -0.05) is 0 Å². The maximum atomic E-state index is 11.4. The van der Waals surface area contributed by atoms with Gasteiger partial charge in [0.05, 0.1) is 13.2 Å². The largest absolute Gasteiger partial charge is 0.494 e. The Bertz CT molecular complexity index is 392. The third-order valence-corrected chi connectivity index (χ3v) is 2.80. The first-order valence-corrected chi connectivity index (χ1v) is 6.09. The third kappa shape index (κ3) is 3.63. The standard InChI is InChI=1S/C13H18N2O3/c14-11-2-4-12(5-3-11)18-8-1-6-15-7-9-17-10-13(15)16/h2-5H,1,6-10,14H2. The number of hydrogen-bond acceptors (Lipinski definition) is 4. The molecule has 1 amide bonds. The van der Waals surface area contributed by atoms with E-state index >= 15 is 0 Å². The topological polar surface area (TPSA) is 64.8 Å². The smallest absolute Gasteiger partial charge is 0.248 e. The van der Waals surface area contributed by atoms with Crippen molar-refractivity contribution in [3.05, 3.63) is 24.3 Å². The number of amides is 1. The van der Waals surface area contributed by atoms with Crippen molar-refractivity contribution in [2.45, 2.75) is 6.42 Å². The lowest BCUT2D eigenvalue weighted by atomic mass is 10.3. The molecule has 2 N–H and O–H groups in total. The Labute approximate surface area is 106 Å². The molecule has 1 aromatic rings. The van der Waals surface area contributed by atoms with E-state index in [-0.39, 0.29) is 12.5 Å². The second-order valence-electron chi connectivity index (χ2n) is 4.20. The summed E-state index contributed by atoms with van der Waals surface area (Å²) >= 11 is 0. The first-order chi connectivity index (χ1) is 8.75. The van der Waals surface area contributed by atoms with E-state index in [1.54, 1.807) is 12.1 Å². The molecule has 0 aromatic heterocycles. The Kier molecular flexibility index (Phi) is 4.41. The highest BCUT2D eigenvalue weighted by Gasteiger charge is 2.17. The Hall–Kier alpha value is -1.75. The molecule has 1 aliphatic heterocycles. The van der Waals surface area contributed by atoms with Crippen LogP contribution in [-0.4, -0.2) is 43.7 Å². The quantitative estimate of drug-likeness (QED) is 0.623. The zero-order valence-corrected chi connectivity index (χ0v) is 10.3. The number of carbonyl (C=O) groups is 1. The highest BCUT2D eigenvalue weighted by molar-refractivity contribution is 5.77. The summed E-state index contributed by atoms with van der Waals surface area (Å²) in [6, 6.07) is 7.30. The summed E-state index contributed by atoms with van der Waals surface area (Å²) in [5, 5.41) is 0. The third-order valence-electron chi connectivity index (χ3n) is 2.80. The predicted octanol–water partition coefficient (Wildman–Crippen LogP) is 0.896. The monoisotopic (exact) mass is 250 g/mol. The number of rotatable bonds is 5. The van der Waals surface area contributed by atoms with Crippen LogP contribution in [0.5, 0.6) is 5.75 Å². The molecule has 98 valence electrons. The van der Waals surface area contributed by atoms with Crippen LogP contribution in [0.15, 0.2) is 24.3 Å². The van der Waals surface area contributed by atoms with Crippen molar-refractivity contribution in [3.8, 4) is 5.75 Å². The van der Waals surface area contributed by atoms with Crippen molar-refractivity contribution in [2.75, 3.05) is 38.6 Å². The van der Waals surface area contributed by atoms with Gasteiger partial charge in [0.1, 0.15) is 12.4 Å². The molecule has 0 aliphatic carbocycles. The van der Waals surface area contributed by atoms with E-state index in [1.807, 2.05) is 17.0 Å². The van der Waals surface area contributed by atoms with Gasteiger partial charge in [-0.3, -0.25) is 4.79 Å². The first-order valence-electron chi connectivity index (χ1n) is 6.09. The average molecular weight is 250 g/mol. The molecule has 1 heterocycles. The number of carbonyl (C=O) groups excluding carboxylic acids is 1. The SMILES string of the molecule is Nc1ccc(OCCCN2CCOCC2=O)cc1. The van der Waals surface area contributed by atoms with E-state index in [2.05, 4.69) is 0 Å². The molecular formula is C13H18N2O3. The highest BCUT2D eigenvalue weighted by atomic mass is 16.5. The molecule has 1 fully saturated rings. The van der Waals surface area contributed by atoms with E-state index in [0.29, 0.717) is 19.8 Å². The summed E-state index contributed by atoms with van der Waals surface area (Å²) < 4.78 is 10.6. The minimum Gasteiger partial charge on any atom is -0.494 e. The van der Waals surface area contributed by atoms with Gasteiger partial charge in [0, 0.05) is 18.8 Å². The molecule has 0 atom stereocenters. The average Bonchev–Trinajstić information content (AvgIpc) is 2.39. The van der Waals surface area contributed by atoms with Crippen LogP contribution in [0.1, 0.15) is 6.42 Å². The minimum atomic E-state index is 0.0636. The van der Waals surface area contributed by atoms with Crippen molar-refractivity contribution in [1.82, 2.24) is 4.90 Å². The summed E-state index contributed by atoms with van der Waals surface area (Å²) in [5.41, 5.74) is 6.31.